The van der Waals surface area contributed by atoms with Gasteiger partial charge in [-0.25, -0.2) is 13.4 Å². The Hall–Kier alpha value is -1.35. The van der Waals surface area contributed by atoms with Crippen molar-refractivity contribution in [2.24, 2.45) is 0 Å². The van der Waals surface area contributed by atoms with Gasteiger partial charge in [0.05, 0.1) is 24.9 Å². The number of sulfonamides is 1. The van der Waals surface area contributed by atoms with E-state index in [0.29, 0.717) is 6.20 Å². The van der Waals surface area contributed by atoms with Crippen LogP contribution in [-0.2, 0) is 16.2 Å². The first-order valence-corrected chi connectivity index (χ1v) is 7.16. The van der Waals surface area contributed by atoms with E-state index in [0.717, 1.165) is 18.4 Å². The van der Waals surface area contributed by atoms with E-state index in [1.165, 1.54) is 4.31 Å². The molecule has 2 heterocycles. The number of nitrogens with zero attached hydrogens (tertiary/aromatic N) is 2. The molecule has 19 heavy (non-hydrogen) atoms. The summed E-state index contributed by atoms with van der Waals surface area (Å²) in [5, 5.41) is 0. The average molecular weight is 296 g/mol. The van der Waals surface area contributed by atoms with Gasteiger partial charge in [-0.2, -0.15) is 17.5 Å². The molecule has 1 aliphatic heterocycles. The molecular weight excluding hydrogens is 285 g/mol. The summed E-state index contributed by atoms with van der Waals surface area (Å²) in [5.74, 6) is 0.0474. The Balaban J connectivity index is 1.92. The molecule has 0 aliphatic carbocycles. The van der Waals surface area contributed by atoms with E-state index in [1.807, 2.05) is 0 Å². The number of rotatable bonds is 3. The smallest absolute Gasteiger partial charge is 0.417 e. The van der Waals surface area contributed by atoms with Crippen molar-refractivity contribution in [1.82, 2.24) is 9.29 Å². The number of halogens is 3. The predicted molar refractivity (Wildman–Crippen MR) is 60.1 cm³/mol. The summed E-state index contributed by atoms with van der Waals surface area (Å²) < 4.78 is 65.5. The van der Waals surface area contributed by atoms with Crippen LogP contribution in [0, 0.1) is 0 Å². The first-order valence-electron chi connectivity index (χ1n) is 5.31. The van der Waals surface area contributed by atoms with Gasteiger partial charge in [-0.3, -0.25) is 0 Å². The molecule has 106 valence electrons. The summed E-state index contributed by atoms with van der Waals surface area (Å²) in [6.07, 6.45) is -3.05. The highest BCUT2D eigenvalue weighted by molar-refractivity contribution is 7.88. The molecule has 1 aromatic rings. The fourth-order valence-corrected chi connectivity index (χ4v) is 2.41. The standard InChI is InChI=1S/C10H11F3N2O3S/c1-19(16,17)15-5-8(6-15)18-9-3-2-7(4-14-9)10(11,12)13/h2-4,8H,5-6H2,1H3. The molecule has 0 unspecified atom stereocenters. The zero-order valence-electron chi connectivity index (χ0n) is 9.88. The zero-order valence-corrected chi connectivity index (χ0v) is 10.7. The molecule has 1 saturated heterocycles. The van der Waals surface area contributed by atoms with Gasteiger partial charge in [0.25, 0.3) is 0 Å². The van der Waals surface area contributed by atoms with Gasteiger partial charge < -0.3 is 4.74 Å². The molecule has 0 N–H and O–H groups in total. The Morgan fingerprint density at radius 1 is 1.37 bits per heavy atom. The molecule has 0 amide bonds. The van der Waals surface area contributed by atoms with Crippen molar-refractivity contribution >= 4 is 10.0 Å². The number of hydrogen-bond acceptors (Lipinski definition) is 4. The van der Waals surface area contributed by atoms with Gasteiger partial charge in [0, 0.05) is 12.3 Å². The second kappa shape index (κ2) is 4.64. The Kier molecular flexibility index (Phi) is 3.43. The Bertz CT molecular complexity index is 550. The SMILES string of the molecule is CS(=O)(=O)N1CC(Oc2ccc(C(F)(F)F)cn2)C1. The second-order valence-corrected chi connectivity index (χ2v) is 6.19. The highest BCUT2D eigenvalue weighted by atomic mass is 32.2. The van der Waals surface area contributed by atoms with E-state index < -0.39 is 21.8 Å². The number of alkyl halides is 3. The van der Waals surface area contributed by atoms with Crippen LogP contribution >= 0.6 is 0 Å². The minimum atomic E-state index is -4.44. The van der Waals surface area contributed by atoms with Crippen LogP contribution in [0.2, 0.25) is 0 Å². The Morgan fingerprint density at radius 3 is 2.42 bits per heavy atom. The molecule has 0 atom stereocenters. The minimum absolute atomic E-state index is 0.0474. The molecule has 0 aromatic carbocycles. The summed E-state index contributed by atoms with van der Waals surface area (Å²) in [4.78, 5) is 3.54. The lowest BCUT2D eigenvalue weighted by atomic mass is 10.2. The van der Waals surface area contributed by atoms with Crippen LogP contribution in [-0.4, -0.2) is 43.2 Å². The highest BCUT2D eigenvalue weighted by Crippen LogP contribution is 2.29. The summed E-state index contributed by atoms with van der Waals surface area (Å²) >= 11 is 0. The van der Waals surface area contributed by atoms with E-state index >= 15 is 0 Å². The van der Waals surface area contributed by atoms with Crippen LogP contribution in [0.5, 0.6) is 5.88 Å². The molecule has 0 bridgehead atoms. The molecule has 2 rings (SSSR count). The number of aromatic nitrogens is 1. The third-order valence-corrected chi connectivity index (χ3v) is 3.87. The van der Waals surface area contributed by atoms with Crippen molar-refractivity contribution in [2.75, 3.05) is 19.3 Å². The van der Waals surface area contributed by atoms with E-state index in [-0.39, 0.29) is 25.1 Å². The molecule has 1 fully saturated rings. The fraction of sp³-hybridized carbons (Fsp3) is 0.500. The molecular formula is C10H11F3N2O3S. The third kappa shape index (κ3) is 3.35. The van der Waals surface area contributed by atoms with Gasteiger partial charge in [0.2, 0.25) is 15.9 Å². The van der Waals surface area contributed by atoms with Gasteiger partial charge >= 0.3 is 6.18 Å². The van der Waals surface area contributed by atoms with Crippen LogP contribution in [0.4, 0.5) is 13.2 Å². The van der Waals surface area contributed by atoms with E-state index in [2.05, 4.69) is 4.98 Å². The number of ether oxygens (including phenoxy) is 1. The zero-order chi connectivity index (χ0) is 14.3. The van der Waals surface area contributed by atoms with Gasteiger partial charge in [-0.1, -0.05) is 0 Å². The van der Waals surface area contributed by atoms with Crippen molar-refractivity contribution in [2.45, 2.75) is 12.3 Å². The predicted octanol–water partition coefficient (Wildman–Crippen LogP) is 1.12. The van der Waals surface area contributed by atoms with Crippen LogP contribution in [0.25, 0.3) is 0 Å². The quantitative estimate of drug-likeness (QED) is 0.839. The normalized spacial score (nSPS) is 18.1. The first kappa shape index (κ1) is 14.1. The lowest BCUT2D eigenvalue weighted by Crippen LogP contribution is -2.55. The molecule has 0 spiro atoms. The van der Waals surface area contributed by atoms with Gasteiger partial charge in [0.1, 0.15) is 6.10 Å². The van der Waals surface area contributed by atoms with Crippen molar-refractivity contribution in [3.8, 4) is 5.88 Å². The molecule has 1 aromatic heterocycles. The highest BCUT2D eigenvalue weighted by Gasteiger charge is 2.35. The van der Waals surface area contributed by atoms with Crippen LogP contribution < -0.4 is 4.74 Å². The van der Waals surface area contributed by atoms with E-state index in [1.54, 1.807) is 0 Å². The van der Waals surface area contributed by atoms with Crippen molar-refractivity contribution in [1.29, 1.82) is 0 Å². The van der Waals surface area contributed by atoms with Crippen LogP contribution in [0.15, 0.2) is 18.3 Å². The fourth-order valence-electron chi connectivity index (χ4n) is 1.53. The average Bonchev–Trinajstić information content (AvgIpc) is 2.20. The van der Waals surface area contributed by atoms with Gasteiger partial charge in [-0.05, 0) is 6.07 Å². The molecule has 0 saturated carbocycles. The van der Waals surface area contributed by atoms with Gasteiger partial charge in [0.15, 0.2) is 0 Å². The van der Waals surface area contributed by atoms with E-state index in [9.17, 15) is 21.6 Å². The number of pyridine rings is 1. The third-order valence-electron chi connectivity index (χ3n) is 2.63. The summed E-state index contributed by atoms with van der Waals surface area (Å²) in [7, 11) is -3.23. The maximum Gasteiger partial charge on any atom is 0.417 e. The molecule has 5 nitrogen and oxygen atoms in total. The Morgan fingerprint density at radius 2 is 2.00 bits per heavy atom. The maximum absolute atomic E-state index is 12.3. The lowest BCUT2D eigenvalue weighted by molar-refractivity contribution is -0.137. The number of hydrogen-bond donors (Lipinski definition) is 0. The molecule has 0 radical (unpaired) electrons. The monoisotopic (exact) mass is 296 g/mol. The first-order chi connectivity index (χ1) is 8.66. The lowest BCUT2D eigenvalue weighted by Gasteiger charge is -2.36. The van der Waals surface area contributed by atoms with E-state index in [4.69, 9.17) is 4.74 Å². The Labute approximate surface area is 108 Å². The van der Waals surface area contributed by atoms with Crippen molar-refractivity contribution in [3.05, 3.63) is 23.9 Å². The van der Waals surface area contributed by atoms with Crippen molar-refractivity contribution in [3.63, 3.8) is 0 Å². The van der Waals surface area contributed by atoms with Crippen LogP contribution in [0.3, 0.4) is 0 Å². The maximum atomic E-state index is 12.3. The summed E-state index contributed by atoms with van der Waals surface area (Å²) in [6.45, 7) is 0.364. The summed E-state index contributed by atoms with van der Waals surface area (Å²) in [5.41, 5.74) is -0.855. The van der Waals surface area contributed by atoms with Crippen LogP contribution in [0.1, 0.15) is 5.56 Å². The van der Waals surface area contributed by atoms with Gasteiger partial charge in [-0.15, -0.1) is 0 Å². The molecule has 9 heteroatoms. The second-order valence-electron chi connectivity index (χ2n) is 4.20. The minimum Gasteiger partial charge on any atom is -0.472 e. The summed E-state index contributed by atoms with van der Waals surface area (Å²) in [6, 6.07) is 1.99. The topological polar surface area (TPSA) is 59.5 Å². The molecule has 1 aliphatic rings. The largest absolute Gasteiger partial charge is 0.472 e. The van der Waals surface area contributed by atoms with Crippen molar-refractivity contribution < 1.29 is 26.3 Å².